The molecule has 0 saturated heterocycles. The van der Waals surface area contributed by atoms with Gasteiger partial charge in [-0.2, -0.15) is 11.3 Å². The van der Waals surface area contributed by atoms with E-state index in [1.807, 2.05) is 12.4 Å². The number of rotatable bonds is 6. The zero-order valence-corrected chi connectivity index (χ0v) is 12.9. The topological polar surface area (TPSA) is 25.4 Å². The largest absolute Gasteiger partial charge is 0.373 e. The Morgan fingerprint density at radius 3 is 3.19 bits per heavy atom. The summed E-state index contributed by atoms with van der Waals surface area (Å²) in [5.74, 6) is 0. The third-order valence-corrected chi connectivity index (χ3v) is 4.52. The van der Waals surface area contributed by atoms with Crippen LogP contribution in [0.5, 0.6) is 0 Å². The van der Waals surface area contributed by atoms with Gasteiger partial charge in [-0.05, 0) is 45.5 Å². The molecule has 3 nitrogen and oxygen atoms in total. The Balaban J connectivity index is 1.68. The summed E-state index contributed by atoms with van der Waals surface area (Å²) in [6.07, 6.45) is 6.81. The first-order chi connectivity index (χ1) is 10.4. The Bertz CT molecular complexity index is 595. The van der Waals surface area contributed by atoms with Gasteiger partial charge in [-0.25, -0.2) is 0 Å². The van der Waals surface area contributed by atoms with E-state index in [0.29, 0.717) is 13.2 Å². The number of pyridine rings is 1. The van der Waals surface area contributed by atoms with Crippen LogP contribution in [0.2, 0.25) is 0 Å². The maximum Gasteiger partial charge on any atom is 0.0738 e. The highest BCUT2D eigenvalue weighted by Crippen LogP contribution is 2.23. The van der Waals surface area contributed by atoms with Gasteiger partial charge >= 0.3 is 0 Å². The second-order valence-electron chi connectivity index (χ2n) is 5.33. The van der Waals surface area contributed by atoms with Crippen molar-refractivity contribution in [1.29, 1.82) is 0 Å². The first-order valence-corrected chi connectivity index (χ1v) is 8.18. The van der Waals surface area contributed by atoms with Gasteiger partial charge in [0, 0.05) is 32.0 Å². The van der Waals surface area contributed by atoms with Gasteiger partial charge in [0.05, 0.1) is 13.2 Å². The van der Waals surface area contributed by atoms with Gasteiger partial charge < -0.3 is 4.74 Å². The summed E-state index contributed by atoms with van der Waals surface area (Å²) in [5.41, 5.74) is 5.40. The van der Waals surface area contributed by atoms with Crippen LogP contribution in [-0.4, -0.2) is 23.0 Å². The minimum absolute atomic E-state index is 0.591. The van der Waals surface area contributed by atoms with Gasteiger partial charge in [0.1, 0.15) is 0 Å². The molecule has 110 valence electrons. The fraction of sp³-hybridized carbons (Fsp3) is 0.353. The van der Waals surface area contributed by atoms with Gasteiger partial charge in [0.2, 0.25) is 0 Å². The molecule has 3 heterocycles. The molecular weight excluding hydrogens is 280 g/mol. The molecule has 0 atom stereocenters. The molecule has 0 fully saturated rings. The van der Waals surface area contributed by atoms with Crippen molar-refractivity contribution < 1.29 is 4.74 Å². The second kappa shape index (κ2) is 6.98. The van der Waals surface area contributed by atoms with Crippen molar-refractivity contribution in [3.05, 3.63) is 64.1 Å². The predicted octanol–water partition coefficient (Wildman–Crippen LogP) is 3.40. The van der Waals surface area contributed by atoms with Crippen LogP contribution in [0.3, 0.4) is 0 Å². The Hall–Kier alpha value is -1.49. The normalized spacial score (nSPS) is 14.9. The number of thiophene rings is 1. The summed E-state index contributed by atoms with van der Waals surface area (Å²) >= 11 is 1.76. The predicted molar refractivity (Wildman–Crippen MR) is 86.2 cm³/mol. The fourth-order valence-corrected chi connectivity index (χ4v) is 3.44. The standard InChI is InChI=1S/C17H20N2OS/c1-2-6-20-12-16-9-18-8-15-11-19(5-3-17(15)16)10-14-4-7-21-13-14/h2,4,7-9,13H,1,3,5-6,10-12H2. The number of ether oxygens (including phenoxy) is 1. The van der Waals surface area contributed by atoms with E-state index < -0.39 is 0 Å². The lowest BCUT2D eigenvalue weighted by atomic mass is 9.97. The monoisotopic (exact) mass is 300 g/mol. The Morgan fingerprint density at radius 1 is 1.43 bits per heavy atom. The molecule has 0 bridgehead atoms. The molecule has 4 heteroatoms. The summed E-state index contributed by atoms with van der Waals surface area (Å²) in [5, 5.41) is 4.37. The Kier molecular flexibility index (Phi) is 4.80. The summed E-state index contributed by atoms with van der Waals surface area (Å²) in [7, 11) is 0. The van der Waals surface area contributed by atoms with E-state index in [-0.39, 0.29) is 0 Å². The molecule has 0 aliphatic carbocycles. The van der Waals surface area contributed by atoms with Crippen LogP contribution in [0.4, 0.5) is 0 Å². The minimum atomic E-state index is 0.591. The van der Waals surface area contributed by atoms with Gasteiger partial charge in [0.25, 0.3) is 0 Å². The maximum atomic E-state index is 5.58. The third kappa shape index (κ3) is 3.59. The minimum Gasteiger partial charge on any atom is -0.373 e. The Morgan fingerprint density at radius 2 is 2.38 bits per heavy atom. The molecule has 3 rings (SSSR count). The van der Waals surface area contributed by atoms with Crippen molar-refractivity contribution in [2.45, 2.75) is 26.1 Å². The average Bonchev–Trinajstić information content (AvgIpc) is 3.00. The second-order valence-corrected chi connectivity index (χ2v) is 6.11. The van der Waals surface area contributed by atoms with Crippen molar-refractivity contribution in [2.24, 2.45) is 0 Å². The SMILES string of the molecule is C=CCOCc1cncc2c1CCN(Cc1ccsc1)C2. The van der Waals surface area contributed by atoms with Crippen LogP contribution >= 0.6 is 11.3 Å². The van der Waals surface area contributed by atoms with Crippen molar-refractivity contribution in [2.75, 3.05) is 13.2 Å². The summed E-state index contributed by atoms with van der Waals surface area (Å²) in [4.78, 5) is 6.86. The molecule has 0 saturated carbocycles. The molecule has 0 spiro atoms. The maximum absolute atomic E-state index is 5.58. The van der Waals surface area contributed by atoms with Crippen LogP contribution in [0.1, 0.15) is 22.3 Å². The number of hydrogen-bond acceptors (Lipinski definition) is 4. The van der Waals surface area contributed by atoms with E-state index in [1.165, 1.54) is 22.3 Å². The zero-order valence-electron chi connectivity index (χ0n) is 12.1. The van der Waals surface area contributed by atoms with Crippen molar-refractivity contribution in [3.63, 3.8) is 0 Å². The third-order valence-electron chi connectivity index (χ3n) is 3.79. The lowest BCUT2D eigenvalue weighted by molar-refractivity contribution is 0.147. The van der Waals surface area contributed by atoms with Crippen molar-refractivity contribution in [1.82, 2.24) is 9.88 Å². The Labute approximate surface area is 129 Å². The highest BCUT2D eigenvalue weighted by Gasteiger charge is 2.19. The lowest BCUT2D eigenvalue weighted by Crippen LogP contribution is -2.30. The van der Waals surface area contributed by atoms with Crippen LogP contribution in [-0.2, 0) is 30.9 Å². The number of aromatic nitrogens is 1. The molecule has 2 aromatic heterocycles. The summed E-state index contributed by atoms with van der Waals surface area (Å²) < 4.78 is 5.58. The lowest BCUT2D eigenvalue weighted by Gasteiger charge is -2.29. The van der Waals surface area contributed by atoms with E-state index in [4.69, 9.17) is 4.74 Å². The fourth-order valence-electron chi connectivity index (χ4n) is 2.78. The molecule has 21 heavy (non-hydrogen) atoms. The highest BCUT2D eigenvalue weighted by molar-refractivity contribution is 7.07. The van der Waals surface area contributed by atoms with Gasteiger partial charge in [-0.15, -0.1) is 6.58 Å². The molecule has 0 unspecified atom stereocenters. The van der Waals surface area contributed by atoms with E-state index in [9.17, 15) is 0 Å². The van der Waals surface area contributed by atoms with Crippen molar-refractivity contribution in [3.8, 4) is 0 Å². The molecule has 1 aliphatic heterocycles. The quantitative estimate of drug-likeness (QED) is 0.604. The van der Waals surface area contributed by atoms with E-state index >= 15 is 0 Å². The van der Waals surface area contributed by atoms with E-state index in [0.717, 1.165) is 26.1 Å². The molecule has 1 aliphatic rings. The summed E-state index contributed by atoms with van der Waals surface area (Å²) in [6.45, 7) is 8.01. The van der Waals surface area contributed by atoms with E-state index in [1.54, 1.807) is 17.4 Å². The van der Waals surface area contributed by atoms with Gasteiger partial charge in [-0.1, -0.05) is 6.08 Å². The average molecular weight is 300 g/mol. The van der Waals surface area contributed by atoms with E-state index in [2.05, 4.69) is 33.3 Å². The van der Waals surface area contributed by atoms with Crippen LogP contribution < -0.4 is 0 Å². The molecule has 0 aromatic carbocycles. The van der Waals surface area contributed by atoms with Gasteiger partial charge in [-0.3, -0.25) is 9.88 Å². The number of hydrogen-bond donors (Lipinski definition) is 0. The zero-order chi connectivity index (χ0) is 14.5. The molecule has 0 radical (unpaired) electrons. The van der Waals surface area contributed by atoms with Crippen LogP contribution in [0, 0.1) is 0 Å². The first-order valence-electron chi connectivity index (χ1n) is 7.23. The highest BCUT2D eigenvalue weighted by atomic mass is 32.1. The number of nitrogens with zero attached hydrogens (tertiary/aromatic N) is 2. The summed E-state index contributed by atoms with van der Waals surface area (Å²) in [6, 6.07) is 2.21. The van der Waals surface area contributed by atoms with Crippen LogP contribution in [0.15, 0.2) is 41.9 Å². The molecular formula is C17H20N2OS. The smallest absolute Gasteiger partial charge is 0.0738 e. The molecule has 2 aromatic rings. The first kappa shape index (κ1) is 14.4. The molecule has 0 amide bonds. The van der Waals surface area contributed by atoms with Crippen LogP contribution in [0.25, 0.3) is 0 Å². The number of fused-ring (bicyclic) bond motifs is 1. The van der Waals surface area contributed by atoms with Gasteiger partial charge in [0.15, 0.2) is 0 Å². The molecule has 0 N–H and O–H groups in total. The van der Waals surface area contributed by atoms with Crippen molar-refractivity contribution >= 4 is 11.3 Å².